The lowest BCUT2D eigenvalue weighted by molar-refractivity contribution is -0.167. The van der Waals surface area contributed by atoms with Gasteiger partial charge in [-0.2, -0.15) is 13.2 Å². The molecular formula is C27H26F3N3O3. The largest absolute Gasteiger partial charge is 0.471 e. The molecule has 0 aromatic heterocycles. The molecular weight excluding hydrogens is 471 g/mol. The van der Waals surface area contributed by atoms with E-state index < -0.39 is 18.2 Å². The minimum atomic E-state index is -4.92. The first-order chi connectivity index (χ1) is 17.3. The van der Waals surface area contributed by atoms with E-state index >= 15 is 0 Å². The van der Waals surface area contributed by atoms with Crippen molar-refractivity contribution in [1.82, 2.24) is 4.90 Å². The fourth-order valence-electron chi connectivity index (χ4n) is 4.09. The number of halogens is 3. The second kappa shape index (κ2) is 11.3. The highest BCUT2D eigenvalue weighted by Crippen LogP contribution is 2.28. The van der Waals surface area contributed by atoms with Crippen LogP contribution in [0, 0.1) is 0 Å². The van der Waals surface area contributed by atoms with Crippen molar-refractivity contribution in [2.45, 2.75) is 31.7 Å². The van der Waals surface area contributed by atoms with Gasteiger partial charge in [-0.1, -0.05) is 60.7 Å². The third-order valence-electron chi connectivity index (χ3n) is 5.93. The van der Waals surface area contributed by atoms with E-state index in [1.54, 1.807) is 12.1 Å². The number of para-hydroxylation sites is 1. The number of nitrogens with one attached hydrogen (secondary N) is 2. The van der Waals surface area contributed by atoms with Crippen LogP contribution in [0.5, 0.6) is 0 Å². The molecule has 1 heterocycles. The maximum atomic E-state index is 12.6. The molecule has 0 atom stereocenters. The molecule has 1 fully saturated rings. The Morgan fingerprint density at radius 3 is 2.17 bits per heavy atom. The van der Waals surface area contributed by atoms with Gasteiger partial charge in [-0.25, -0.2) is 4.79 Å². The smallest absolute Gasteiger partial charge is 0.446 e. The first-order valence-corrected chi connectivity index (χ1v) is 11.6. The summed E-state index contributed by atoms with van der Waals surface area (Å²) in [5, 5.41) is 4.69. The van der Waals surface area contributed by atoms with Crippen LogP contribution in [0.25, 0.3) is 11.1 Å². The molecule has 1 saturated heterocycles. The summed E-state index contributed by atoms with van der Waals surface area (Å²) < 4.78 is 42.8. The van der Waals surface area contributed by atoms with Crippen LogP contribution < -0.4 is 10.6 Å². The molecule has 1 aliphatic heterocycles. The molecule has 2 amide bonds. The molecule has 0 bridgehead atoms. The van der Waals surface area contributed by atoms with Gasteiger partial charge in [0.2, 0.25) is 0 Å². The van der Waals surface area contributed by atoms with Gasteiger partial charge in [-0.3, -0.25) is 15.0 Å². The molecule has 36 heavy (non-hydrogen) atoms. The van der Waals surface area contributed by atoms with Gasteiger partial charge in [0.05, 0.1) is 5.69 Å². The zero-order valence-corrected chi connectivity index (χ0v) is 19.4. The van der Waals surface area contributed by atoms with Gasteiger partial charge in [-0.15, -0.1) is 0 Å². The molecule has 2 N–H and O–H groups in total. The highest BCUT2D eigenvalue weighted by atomic mass is 19.4. The molecule has 3 aromatic carbocycles. The predicted molar refractivity (Wildman–Crippen MR) is 131 cm³/mol. The van der Waals surface area contributed by atoms with Crippen molar-refractivity contribution >= 4 is 23.4 Å². The third-order valence-corrected chi connectivity index (χ3v) is 5.93. The molecule has 0 unspecified atom stereocenters. The maximum Gasteiger partial charge on any atom is 0.471 e. The van der Waals surface area contributed by atoms with Crippen LogP contribution in [0.2, 0.25) is 0 Å². The zero-order chi connectivity index (χ0) is 25.5. The van der Waals surface area contributed by atoms with Crippen LogP contribution in [0.3, 0.4) is 0 Å². The van der Waals surface area contributed by atoms with E-state index in [9.17, 15) is 22.8 Å². The van der Waals surface area contributed by atoms with E-state index in [4.69, 9.17) is 4.74 Å². The van der Waals surface area contributed by atoms with Crippen molar-refractivity contribution in [3.05, 3.63) is 84.4 Å². The van der Waals surface area contributed by atoms with E-state index in [0.29, 0.717) is 38.2 Å². The minimum Gasteiger partial charge on any atom is -0.446 e. The van der Waals surface area contributed by atoms with Gasteiger partial charge in [-0.05, 0) is 42.2 Å². The van der Waals surface area contributed by atoms with Crippen molar-refractivity contribution in [1.29, 1.82) is 0 Å². The van der Waals surface area contributed by atoms with Gasteiger partial charge in [0.15, 0.2) is 0 Å². The monoisotopic (exact) mass is 497 g/mol. The predicted octanol–water partition coefficient (Wildman–Crippen LogP) is 6.07. The summed E-state index contributed by atoms with van der Waals surface area (Å²) in [6.07, 6.45) is -4.27. The highest BCUT2D eigenvalue weighted by molar-refractivity contribution is 5.95. The molecule has 188 valence electrons. The number of likely N-dealkylation sites (tertiary alicyclic amines) is 1. The number of carbonyl (C=O) groups excluding carboxylic acids is 2. The van der Waals surface area contributed by atoms with E-state index in [1.807, 2.05) is 59.9 Å². The van der Waals surface area contributed by atoms with Crippen molar-refractivity contribution in [2.75, 3.05) is 23.7 Å². The Morgan fingerprint density at radius 1 is 0.861 bits per heavy atom. The van der Waals surface area contributed by atoms with Gasteiger partial charge in [0.25, 0.3) is 0 Å². The van der Waals surface area contributed by atoms with Gasteiger partial charge < -0.3 is 10.1 Å². The number of carbonyl (C=O) groups is 2. The summed E-state index contributed by atoms with van der Waals surface area (Å²) in [5.41, 5.74) is 3.59. The normalized spacial score (nSPS) is 14.8. The number of amides is 2. The van der Waals surface area contributed by atoms with Gasteiger partial charge in [0.1, 0.15) is 6.10 Å². The standard InChI is InChI=1S/C27H26F3N3O3/c28-27(29,30)25(34)31-21-12-10-19(11-13-21)18-33-16-14-22(15-17-33)36-26(35)32-24-9-5-4-8-23(24)20-6-2-1-3-7-20/h1-13,22H,14-18H2,(H,31,34)(H,32,35). The summed E-state index contributed by atoms with van der Waals surface area (Å²) in [6.45, 7) is 2.03. The summed E-state index contributed by atoms with van der Waals surface area (Å²) in [6, 6.07) is 23.6. The average molecular weight is 498 g/mol. The number of hydrogen-bond donors (Lipinski definition) is 2. The third kappa shape index (κ3) is 6.85. The Kier molecular flexibility index (Phi) is 7.90. The number of piperidine rings is 1. The number of rotatable bonds is 6. The van der Waals surface area contributed by atoms with E-state index in [1.165, 1.54) is 12.1 Å². The quantitative estimate of drug-likeness (QED) is 0.434. The molecule has 1 aliphatic rings. The van der Waals surface area contributed by atoms with E-state index in [0.717, 1.165) is 16.7 Å². The van der Waals surface area contributed by atoms with Crippen LogP contribution in [-0.4, -0.2) is 42.3 Å². The average Bonchev–Trinajstić information content (AvgIpc) is 2.87. The first-order valence-electron chi connectivity index (χ1n) is 11.6. The highest BCUT2D eigenvalue weighted by Gasteiger charge is 2.38. The van der Waals surface area contributed by atoms with E-state index in [-0.39, 0.29) is 11.8 Å². The van der Waals surface area contributed by atoms with Crippen LogP contribution in [0.15, 0.2) is 78.9 Å². The van der Waals surface area contributed by atoms with Crippen molar-refractivity contribution in [3.63, 3.8) is 0 Å². The number of nitrogens with zero attached hydrogens (tertiary/aromatic N) is 1. The minimum absolute atomic E-state index is 0.0908. The molecule has 0 radical (unpaired) electrons. The molecule has 0 aliphatic carbocycles. The number of alkyl halides is 3. The molecule has 4 rings (SSSR count). The SMILES string of the molecule is O=C(Nc1ccccc1-c1ccccc1)OC1CCN(Cc2ccc(NC(=O)C(F)(F)F)cc2)CC1. The molecule has 9 heteroatoms. The Morgan fingerprint density at radius 2 is 1.50 bits per heavy atom. The lowest BCUT2D eigenvalue weighted by Crippen LogP contribution is -2.38. The van der Waals surface area contributed by atoms with Crippen LogP contribution >= 0.6 is 0 Å². The second-order valence-electron chi connectivity index (χ2n) is 8.57. The number of benzene rings is 3. The van der Waals surface area contributed by atoms with Crippen molar-refractivity contribution in [2.24, 2.45) is 0 Å². The van der Waals surface area contributed by atoms with Gasteiger partial charge in [0, 0.05) is 30.9 Å². The molecule has 6 nitrogen and oxygen atoms in total. The molecule has 0 saturated carbocycles. The summed E-state index contributed by atoms with van der Waals surface area (Å²) in [7, 11) is 0. The lowest BCUT2D eigenvalue weighted by atomic mass is 10.0. The Balaban J connectivity index is 1.24. The lowest BCUT2D eigenvalue weighted by Gasteiger charge is -2.31. The van der Waals surface area contributed by atoms with Crippen molar-refractivity contribution < 1.29 is 27.5 Å². The number of hydrogen-bond acceptors (Lipinski definition) is 4. The van der Waals surface area contributed by atoms with Gasteiger partial charge >= 0.3 is 18.2 Å². The fourth-order valence-corrected chi connectivity index (χ4v) is 4.09. The maximum absolute atomic E-state index is 12.6. The Hall–Kier alpha value is -3.85. The Bertz CT molecular complexity index is 1180. The second-order valence-corrected chi connectivity index (χ2v) is 8.57. The fraction of sp³-hybridized carbons (Fsp3) is 0.259. The molecule has 3 aromatic rings. The topological polar surface area (TPSA) is 70.7 Å². The first kappa shape index (κ1) is 25.2. The number of ether oxygens (including phenoxy) is 1. The van der Waals surface area contributed by atoms with Crippen LogP contribution in [0.1, 0.15) is 18.4 Å². The summed E-state index contributed by atoms with van der Waals surface area (Å²) >= 11 is 0. The van der Waals surface area contributed by atoms with Crippen molar-refractivity contribution in [3.8, 4) is 11.1 Å². The van der Waals surface area contributed by atoms with E-state index in [2.05, 4.69) is 10.2 Å². The van der Waals surface area contributed by atoms with Crippen LogP contribution in [0.4, 0.5) is 29.3 Å². The molecule has 0 spiro atoms. The summed E-state index contributed by atoms with van der Waals surface area (Å²) in [5.74, 6) is -2.00. The Labute approximate surface area is 207 Å². The summed E-state index contributed by atoms with van der Waals surface area (Å²) in [4.78, 5) is 25.8. The number of anilines is 2. The zero-order valence-electron chi connectivity index (χ0n) is 19.4. The van der Waals surface area contributed by atoms with Crippen LogP contribution in [-0.2, 0) is 16.1 Å².